The van der Waals surface area contributed by atoms with Crippen LogP contribution < -0.4 is 10.6 Å². The van der Waals surface area contributed by atoms with Crippen molar-refractivity contribution < 1.29 is 4.79 Å². The third-order valence-electron chi connectivity index (χ3n) is 5.54. The number of H-pyrrole nitrogens is 1. The number of fused-ring (bicyclic) bond motifs is 1. The summed E-state index contributed by atoms with van der Waals surface area (Å²) in [7, 11) is 0. The lowest BCUT2D eigenvalue weighted by molar-refractivity contribution is -0.117. The van der Waals surface area contributed by atoms with Crippen LogP contribution in [0.25, 0.3) is 0 Å². The Morgan fingerprint density at radius 1 is 1.17 bits per heavy atom. The molecule has 2 aromatic heterocycles. The molecule has 3 N–H and O–H groups in total. The Labute approximate surface area is 179 Å². The number of nitrogens with one attached hydrogen (secondary N) is 3. The molecule has 1 atom stereocenters. The first kappa shape index (κ1) is 19.1. The quantitative estimate of drug-likeness (QED) is 0.496. The summed E-state index contributed by atoms with van der Waals surface area (Å²) in [5, 5.41) is 14.3. The van der Waals surface area contributed by atoms with Gasteiger partial charge in [-0.1, -0.05) is 6.92 Å². The third-order valence-corrected chi connectivity index (χ3v) is 6.42. The standard InChI is InChI=1S/C22H24N6OS/c1-12-3-10-17-19(12)20(25-18-11-13(2)27-28-18)26-22(24-17)30-16-8-6-15(7-9-16)23-21(29)14-4-5-14/h6-9,11-12,14H,3-5,10H2,1-2H3,(H,23,29)(H2,24,25,26,27,28). The van der Waals surface area contributed by atoms with Gasteiger partial charge in [-0.15, -0.1) is 0 Å². The van der Waals surface area contributed by atoms with Crippen molar-refractivity contribution in [3.63, 3.8) is 0 Å². The predicted molar refractivity (Wildman–Crippen MR) is 117 cm³/mol. The van der Waals surface area contributed by atoms with Crippen LogP contribution in [0.5, 0.6) is 0 Å². The van der Waals surface area contributed by atoms with E-state index in [4.69, 9.17) is 9.97 Å². The zero-order valence-corrected chi connectivity index (χ0v) is 17.8. The van der Waals surface area contributed by atoms with Crippen molar-refractivity contribution in [2.45, 2.75) is 55.5 Å². The molecule has 0 saturated heterocycles. The Kier molecular flexibility index (Phi) is 4.94. The van der Waals surface area contributed by atoms with Crippen LogP contribution in [0.4, 0.5) is 17.3 Å². The fraction of sp³-hybridized carbons (Fsp3) is 0.364. The molecule has 1 fully saturated rings. The Hall–Kier alpha value is -2.87. The molecule has 0 aliphatic heterocycles. The van der Waals surface area contributed by atoms with E-state index in [-0.39, 0.29) is 11.8 Å². The lowest BCUT2D eigenvalue weighted by Crippen LogP contribution is -2.12. The average Bonchev–Trinajstić information content (AvgIpc) is 3.41. The molecule has 2 aliphatic carbocycles. The summed E-state index contributed by atoms with van der Waals surface area (Å²) >= 11 is 1.53. The number of hydrogen-bond donors (Lipinski definition) is 3. The first-order valence-corrected chi connectivity index (χ1v) is 11.2. The number of carbonyl (C=O) groups is 1. The highest BCUT2D eigenvalue weighted by Crippen LogP contribution is 2.39. The molecule has 2 heterocycles. The molecule has 5 rings (SSSR count). The Morgan fingerprint density at radius 3 is 2.67 bits per heavy atom. The van der Waals surface area contributed by atoms with Gasteiger partial charge >= 0.3 is 0 Å². The van der Waals surface area contributed by atoms with Gasteiger partial charge in [-0.3, -0.25) is 9.89 Å². The van der Waals surface area contributed by atoms with E-state index in [2.05, 4.69) is 27.8 Å². The zero-order valence-electron chi connectivity index (χ0n) is 17.0. The van der Waals surface area contributed by atoms with E-state index in [9.17, 15) is 4.79 Å². The van der Waals surface area contributed by atoms with E-state index in [0.717, 1.165) is 59.3 Å². The number of carbonyl (C=O) groups excluding carboxylic acids is 1. The lowest BCUT2D eigenvalue weighted by atomic mass is 10.1. The van der Waals surface area contributed by atoms with Gasteiger partial charge in [0.15, 0.2) is 11.0 Å². The molecule has 1 amide bonds. The summed E-state index contributed by atoms with van der Waals surface area (Å²) in [5.74, 6) is 2.35. The first-order chi connectivity index (χ1) is 14.5. The van der Waals surface area contributed by atoms with Gasteiger partial charge in [0.1, 0.15) is 5.82 Å². The number of nitrogens with zero attached hydrogens (tertiary/aromatic N) is 3. The van der Waals surface area contributed by atoms with Gasteiger partial charge in [0.2, 0.25) is 5.91 Å². The minimum absolute atomic E-state index is 0.121. The SMILES string of the molecule is Cc1cc(Nc2nc(Sc3ccc(NC(=O)C4CC4)cc3)nc3c2C(C)CC3)n[nH]1. The van der Waals surface area contributed by atoms with Gasteiger partial charge in [-0.25, -0.2) is 9.97 Å². The van der Waals surface area contributed by atoms with E-state index < -0.39 is 0 Å². The second-order valence-corrected chi connectivity index (χ2v) is 9.15. The maximum absolute atomic E-state index is 11.9. The molecular weight excluding hydrogens is 396 g/mol. The van der Waals surface area contributed by atoms with Crippen LogP contribution in [-0.4, -0.2) is 26.1 Å². The molecule has 8 heteroatoms. The highest BCUT2D eigenvalue weighted by molar-refractivity contribution is 7.99. The molecule has 1 unspecified atom stereocenters. The van der Waals surface area contributed by atoms with Crippen molar-refractivity contribution >= 4 is 35.0 Å². The van der Waals surface area contributed by atoms with Gasteiger partial charge in [0.05, 0.1) is 5.69 Å². The van der Waals surface area contributed by atoms with Crippen molar-refractivity contribution in [3.05, 3.63) is 47.3 Å². The molecule has 1 aromatic carbocycles. The van der Waals surface area contributed by atoms with Crippen LogP contribution in [-0.2, 0) is 11.2 Å². The Bertz CT molecular complexity index is 1090. The van der Waals surface area contributed by atoms with Crippen LogP contribution in [0.3, 0.4) is 0 Å². The number of aromatic nitrogens is 4. The normalized spacial score (nSPS) is 17.6. The third kappa shape index (κ3) is 4.05. The fourth-order valence-electron chi connectivity index (χ4n) is 3.75. The Morgan fingerprint density at radius 2 is 1.97 bits per heavy atom. The molecular formula is C22H24N6OS. The largest absolute Gasteiger partial charge is 0.326 e. The second-order valence-electron chi connectivity index (χ2n) is 8.11. The number of hydrogen-bond acceptors (Lipinski definition) is 6. The first-order valence-electron chi connectivity index (χ1n) is 10.3. The van der Waals surface area contributed by atoms with E-state index in [1.54, 1.807) is 0 Å². The molecule has 154 valence electrons. The number of anilines is 3. The number of aryl methyl sites for hydroxylation is 2. The summed E-state index contributed by atoms with van der Waals surface area (Å²) in [6, 6.07) is 9.83. The van der Waals surface area contributed by atoms with E-state index >= 15 is 0 Å². The number of aromatic amines is 1. The molecule has 0 spiro atoms. The maximum atomic E-state index is 11.9. The summed E-state index contributed by atoms with van der Waals surface area (Å²) < 4.78 is 0. The zero-order chi connectivity index (χ0) is 20.7. The smallest absolute Gasteiger partial charge is 0.227 e. The van der Waals surface area contributed by atoms with Crippen LogP contribution >= 0.6 is 11.8 Å². The minimum atomic E-state index is 0.121. The molecule has 1 saturated carbocycles. The van der Waals surface area contributed by atoms with E-state index in [1.807, 2.05) is 37.3 Å². The predicted octanol–water partition coefficient (Wildman–Crippen LogP) is 4.80. The van der Waals surface area contributed by atoms with Gasteiger partial charge in [0, 0.05) is 33.8 Å². The van der Waals surface area contributed by atoms with Crippen molar-refractivity contribution in [1.29, 1.82) is 0 Å². The van der Waals surface area contributed by atoms with E-state index in [0.29, 0.717) is 11.1 Å². The lowest BCUT2D eigenvalue weighted by Gasteiger charge is -2.13. The summed E-state index contributed by atoms with van der Waals surface area (Å²) in [5.41, 5.74) is 4.14. The van der Waals surface area contributed by atoms with Crippen LogP contribution in [0.1, 0.15) is 49.1 Å². The van der Waals surface area contributed by atoms with Crippen LogP contribution in [0.15, 0.2) is 40.4 Å². The Balaban J connectivity index is 1.36. The van der Waals surface area contributed by atoms with Crippen molar-refractivity contribution in [3.8, 4) is 0 Å². The van der Waals surface area contributed by atoms with Crippen molar-refractivity contribution in [1.82, 2.24) is 20.2 Å². The monoisotopic (exact) mass is 420 g/mol. The molecule has 0 bridgehead atoms. The number of rotatable bonds is 6. The van der Waals surface area contributed by atoms with Gasteiger partial charge in [-0.2, -0.15) is 5.10 Å². The highest BCUT2D eigenvalue weighted by atomic mass is 32.2. The average molecular weight is 421 g/mol. The van der Waals surface area contributed by atoms with Crippen molar-refractivity contribution in [2.24, 2.45) is 5.92 Å². The second kappa shape index (κ2) is 7.75. The molecule has 30 heavy (non-hydrogen) atoms. The van der Waals surface area contributed by atoms with Gasteiger partial charge in [0.25, 0.3) is 0 Å². The minimum Gasteiger partial charge on any atom is -0.326 e. The fourth-order valence-corrected chi connectivity index (χ4v) is 4.52. The highest BCUT2D eigenvalue weighted by Gasteiger charge is 2.29. The summed E-state index contributed by atoms with van der Waals surface area (Å²) in [6.45, 7) is 4.20. The van der Waals surface area contributed by atoms with Gasteiger partial charge < -0.3 is 10.6 Å². The van der Waals surface area contributed by atoms with Crippen LogP contribution in [0.2, 0.25) is 0 Å². The van der Waals surface area contributed by atoms with Crippen molar-refractivity contribution in [2.75, 3.05) is 10.6 Å². The van der Waals surface area contributed by atoms with Crippen LogP contribution in [0, 0.1) is 12.8 Å². The topological polar surface area (TPSA) is 95.6 Å². The molecule has 3 aromatic rings. The number of amides is 1. The molecule has 7 nitrogen and oxygen atoms in total. The number of benzene rings is 1. The molecule has 0 radical (unpaired) electrons. The van der Waals surface area contributed by atoms with E-state index in [1.165, 1.54) is 17.3 Å². The van der Waals surface area contributed by atoms with Gasteiger partial charge in [-0.05, 0) is 74.6 Å². The summed E-state index contributed by atoms with van der Waals surface area (Å²) in [6.07, 6.45) is 4.05. The summed E-state index contributed by atoms with van der Waals surface area (Å²) in [4.78, 5) is 22.6. The maximum Gasteiger partial charge on any atom is 0.227 e. The molecule has 2 aliphatic rings.